The Morgan fingerprint density at radius 3 is 2.23 bits per heavy atom. The van der Waals surface area contributed by atoms with Crippen LogP contribution in [0, 0.1) is 0 Å². The maximum absolute atomic E-state index is 5.94. The minimum Gasteiger partial charge on any atom is -0.494 e. The predicted molar refractivity (Wildman–Crippen MR) is 130 cm³/mol. The van der Waals surface area contributed by atoms with Crippen molar-refractivity contribution in [1.29, 1.82) is 0 Å². The molecular weight excluding hydrogens is 382 g/mol. The van der Waals surface area contributed by atoms with Crippen molar-refractivity contribution < 1.29 is 9.47 Å². The zero-order valence-electron chi connectivity index (χ0n) is 18.7. The summed E-state index contributed by atoms with van der Waals surface area (Å²) >= 11 is 0. The summed E-state index contributed by atoms with van der Waals surface area (Å²) in [5.41, 5.74) is 3.65. The molecule has 0 heterocycles. The van der Waals surface area contributed by atoms with E-state index < -0.39 is 0 Å². The van der Waals surface area contributed by atoms with Gasteiger partial charge in [-0.3, -0.25) is 0 Å². The molecule has 164 valence electrons. The Hall–Kier alpha value is -2.94. The second-order valence-electron chi connectivity index (χ2n) is 7.87. The van der Waals surface area contributed by atoms with Gasteiger partial charge in [-0.15, -0.1) is 0 Å². The lowest BCUT2D eigenvalue weighted by atomic mass is 10.1. The van der Waals surface area contributed by atoms with E-state index in [1.807, 2.05) is 12.1 Å². The molecule has 0 saturated carbocycles. The van der Waals surface area contributed by atoms with Gasteiger partial charge in [-0.25, -0.2) is 0 Å². The van der Waals surface area contributed by atoms with Crippen LogP contribution in [0.15, 0.2) is 78.9 Å². The summed E-state index contributed by atoms with van der Waals surface area (Å²) in [5.74, 6) is 1.86. The number of anilines is 1. The number of hydrogen-bond donors (Lipinski definition) is 1. The van der Waals surface area contributed by atoms with Crippen molar-refractivity contribution in [2.24, 2.45) is 0 Å². The van der Waals surface area contributed by atoms with Crippen molar-refractivity contribution >= 4 is 5.69 Å². The van der Waals surface area contributed by atoms with E-state index in [-0.39, 0.29) is 0 Å². The lowest BCUT2D eigenvalue weighted by Crippen LogP contribution is -2.02. The summed E-state index contributed by atoms with van der Waals surface area (Å²) in [5, 5.41) is 3.48. The Bertz CT molecular complexity index is 862. The summed E-state index contributed by atoms with van der Waals surface area (Å²) in [7, 11) is 0. The highest BCUT2D eigenvalue weighted by Gasteiger charge is 2.00. The molecule has 3 aromatic carbocycles. The van der Waals surface area contributed by atoms with Gasteiger partial charge in [0, 0.05) is 18.3 Å². The highest BCUT2D eigenvalue weighted by Crippen LogP contribution is 2.19. The molecule has 0 bridgehead atoms. The van der Waals surface area contributed by atoms with E-state index in [4.69, 9.17) is 9.47 Å². The van der Waals surface area contributed by atoms with Gasteiger partial charge in [-0.2, -0.15) is 0 Å². The monoisotopic (exact) mass is 417 g/mol. The first-order valence-corrected chi connectivity index (χ1v) is 11.6. The lowest BCUT2D eigenvalue weighted by Gasteiger charge is -2.11. The maximum Gasteiger partial charge on any atom is 0.121 e. The average Bonchev–Trinajstić information content (AvgIpc) is 2.82. The fourth-order valence-electron chi connectivity index (χ4n) is 3.43. The zero-order valence-corrected chi connectivity index (χ0v) is 18.7. The molecule has 0 aliphatic heterocycles. The molecule has 0 aromatic heterocycles. The third-order valence-electron chi connectivity index (χ3n) is 5.24. The highest BCUT2D eigenvalue weighted by molar-refractivity contribution is 5.48. The SMILES string of the molecule is CCCCCCOc1ccc(CNc2cccc(OCCCc3ccccc3)c2)cc1. The molecule has 0 aliphatic rings. The Kier molecular flexibility index (Phi) is 9.81. The number of unbranched alkanes of at least 4 members (excludes halogenated alkanes) is 3. The van der Waals surface area contributed by atoms with Crippen molar-refractivity contribution in [2.45, 2.75) is 52.0 Å². The summed E-state index contributed by atoms with van der Waals surface area (Å²) in [4.78, 5) is 0. The number of nitrogens with one attached hydrogen (secondary N) is 1. The molecule has 0 radical (unpaired) electrons. The molecule has 0 atom stereocenters. The fraction of sp³-hybridized carbons (Fsp3) is 0.357. The second kappa shape index (κ2) is 13.4. The number of hydrogen-bond acceptors (Lipinski definition) is 3. The van der Waals surface area contributed by atoms with Gasteiger partial charge in [-0.05, 0) is 54.7 Å². The van der Waals surface area contributed by atoms with E-state index in [1.54, 1.807) is 0 Å². The van der Waals surface area contributed by atoms with Gasteiger partial charge in [0.05, 0.1) is 13.2 Å². The zero-order chi connectivity index (χ0) is 21.6. The Morgan fingerprint density at radius 1 is 0.645 bits per heavy atom. The molecule has 3 nitrogen and oxygen atoms in total. The van der Waals surface area contributed by atoms with Crippen LogP contribution in [-0.4, -0.2) is 13.2 Å². The van der Waals surface area contributed by atoms with Gasteiger partial charge in [0.1, 0.15) is 11.5 Å². The van der Waals surface area contributed by atoms with Gasteiger partial charge in [-0.1, -0.05) is 74.7 Å². The minimum absolute atomic E-state index is 0.720. The highest BCUT2D eigenvalue weighted by atomic mass is 16.5. The van der Waals surface area contributed by atoms with E-state index in [2.05, 4.69) is 79.0 Å². The molecule has 0 spiro atoms. The molecule has 3 aromatic rings. The van der Waals surface area contributed by atoms with Crippen LogP contribution < -0.4 is 14.8 Å². The van der Waals surface area contributed by atoms with Gasteiger partial charge in [0.15, 0.2) is 0 Å². The van der Waals surface area contributed by atoms with Gasteiger partial charge >= 0.3 is 0 Å². The molecule has 3 rings (SSSR count). The van der Waals surface area contributed by atoms with Gasteiger partial charge < -0.3 is 14.8 Å². The molecule has 0 aliphatic carbocycles. The largest absolute Gasteiger partial charge is 0.494 e. The van der Waals surface area contributed by atoms with Crippen LogP contribution in [0.5, 0.6) is 11.5 Å². The number of rotatable bonds is 14. The molecule has 0 amide bonds. The van der Waals surface area contributed by atoms with E-state index in [0.717, 1.165) is 56.2 Å². The summed E-state index contributed by atoms with van der Waals surface area (Å²) in [6, 6.07) is 27.1. The second-order valence-corrected chi connectivity index (χ2v) is 7.87. The van der Waals surface area contributed by atoms with E-state index in [0.29, 0.717) is 0 Å². The quantitative estimate of drug-likeness (QED) is 0.280. The first-order chi connectivity index (χ1) is 15.3. The molecule has 3 heteroatoms. The van der Waals surface area contributed by atoms with Crippen LogP contribution in [-0.2, 0) is 13.0 Å². The third kappa shape index (κ3) is 8.75. The van der Waals surface area contributed by atoms with Crippen LogP contribution in [0.1, 0.15) is 50.2 Å². The topological polar surface area (TPSA) is 30.5 Å². The third-order valence-corrected chi connectivity index (χ3v) is 5.24. The van der Waals surface area contributed by atoms with Crippen LogP contribution in [0.2, 0.25) is 0 Å². The van der Waals surface area contributed by atoms with Gasteiger partial charge in [0.25, 0.3) is 0 Å². The van der Waals surface area contributed by atoms with Crippen molar-refractivity contribution in [3.63, 3.8) is 0 Å². The Morgan fingerprint density at radius 2 is 1.42 bits per heavy atom. The molecule has 31 heavy (non-hydrogen) atoms. The number of benzene rings is 3. The van der Waals surface area contributed by atoms with Crippen molar-refractivity contribution in [2.75, 3.05) is 18.5 Å². The molecule has 0 unspecified atom stereocenters. The number of aryl methyl sites for hydroxylation is 1. The van der Waals surface area contributed by atoms with E-state index >= 15 is 0 Å². The first kappa shape index (κ1) is 22.7. The predicted octanol–water partition coefficient (Wildman–Crippen LogP) is 7.27. The standard InChI is InChI=1S/C28H35NO2/c1-2-3-4-8-20-30-27-18-16-25(17-19-27)23-29-26-14-9-15-28(22-26)31-21-10-13-24-11-6-5-7-12-24/h5-7,9,11-12,14-19,22,29H,2-4,8,10,13,20-21,23H2,1H3. The Labute approximate surface area is 187 Å². The average molecular weight is 418 g/mol. The minimum atomic E-state index is 0.720. The maximum atomic E-state index is 5.94. The van der Waals surface area contributed by atoms with E-state index in [1.165, 1.54) is 30.4 Å². The van der Waals surface area contributed by atoms with Crippen LogP contribution in [0.4, 0.5) is 5.69 Å². The fourth-order valence-corrected chi connectivity index (χ4v) is 3.43. The smallest absolute Gasteiger partial charge is 0.121 e. The molecular formula is C28H35NO2. The van der Waals surface area contributed by atoms with Crippen LogP contribution in [0.3, 0.4) is 0 Å². The normalized spacial score (nSPS) is 10.6. The van der Waals surface area contributed by atoms with Crippen molar-refractivity contribution in [3.05, 3.63) is 90.0 Å². The van der Waals surface area contributed by atoms with Crippen LogP contribution >= 0.6 is 0 Å². The first-order valence-electron chi connectivity index (χ1n) is 11.6. The summed E-state index contributed by atoms with van der Waals surface area (Å²) in [6.07, 6.45) is 6.96. The molecule has 0 saturated heterocycles. The number of ether oxygens (including phenoxy) is 2. The molecule has 1 N–H and O–H groups in total. The summed E-state index contributed by atoms with van der Waals surface area (Å²) < 4.78 is 11.8. The van der Waals surface area contributed by atoms with Crippen molar-refractivity contribution in [3.8, 4) is 11.5 Å². The Balaban J connectivity index is 1.37. The van der Waals surface area contributed by atoms with Crippen LogP contribution in [0.25, 0.3) is 0 Å². The van der Waals surface area contributed by atoms with E-state index in [9.17, 15) is 0 Å². The van der Waals surface area contributed by atoms with Gasteiger partial charge in [0.2, 0.25) is 0 Å². The summed E-state index contributed by atoms with van der Waals surface area (Å²) in [6.45, 7) is 4.52. The molecule has 0 fully saturated rings. The lowest BCUT2D eigenvalue weighted by molar-refractivity contribution is 0.305. The van der Waals surface area contributed by atoms with Crippen molar-refractivity contribution in [1.82, 2.24) is 0 Å².